The van der Waals surface area contributed by atoms with E-state index in [4.69, 9.17) is 27.9 Å². The Morgan fingerprint density at radius 3 is 2.60 bits per heavy atom. The van der Waals surface area contributed by atoms with Gasteiger partial charge >= 0.3 is 0 Å². The molecule has 0 saturated heterocycles. The number of aromatic nitrogens is 1. The summed E-state index contributed by atoms with van der Waals surface area (Å²) in [7, 11) is 0. The Bertz CT molecular complexity index is 611. The van der Waals surface area contributed by atoms with E-state index in [-0.39, 0.29) is 0 Å². The second-order valence-corrected chi connectivity index (χ2v) is 5.83. The Morgan fingerprint density at radius 1 is 1.15 bits per heavy atom. The van der Waals surface area contributed by atoms with Crippen LogP contribution in [0.2, 0.25) is 10.2 Å². The van der Waals surface area contributed by atoms with Gasteiger partial charge in [-0.25, -0.2) is 4.98 Å². The molecule has 0 amide bonds. The van der Waals surface area contributed by atoms with Gasteiger partial charge in [-0.05, 0) is 42.2 Å². The fourth-order valence-electron chi connectivity index (χ4n) is 1.84. The SMILES string of the molecule is Cc1ccc(C(C)C)cc1OCc1nc(Cl)ccc1Cl. The summed E-state index contributed by atoms with van der Waals surface area (Å²) in [5.74, 6) is 1.32. The molecule has 2 nitrogen and oxygen atoms in total. The molecule has 0 bridgehead atoms. The molecule has 0 saturated carbocycles. The van der Waals surface area contributed by atoms with Gasteiger partial charge in [-0.15, -0.1) is 0 Å². The van der Waals surface area contributed by atoms with Gasteiger partial charge in [0.25, 0.3) is 0 Å². The smallest absolute Gasteiger partial charge is 0.132 e. The third-order valence-corrected chi connectivity index (χ3v) is 3.68. The quantitative estimate of drug-likeness (QED) is 0.705. The number of nitrogens with zero attached hydrogens (tertiary/aromatic N) is 1. The maximum atomic E-state index is 6.08. The number of rotatable bonds is 4. The van der Waals surface area contributed by atoms with Crippen molar-refractivity contribution < 1.29 is 4.74 Å². The molecule has 0 spiro atoms. The van der Waals surface area contributed by atoms with Crippen LogP contribution in [0.1, 0.15) is 36.6 Å². The molecule has 0 radical (unpaired) electrons. The lowest BCUT2D eigenvalue weighted by atomic mass is 10.0. The van der Waals surface area contributed by atoms with E-state index in [2.05, 4.69) is 37.0 Å². The summed E-state index contributed by atoms with van der Waals surface area (Å²) >= 11 is 12.0. The average molecular weight is 310 g/mol. The Balaban J connectivity index is 2.18. The third kappa shape index (κ3) is 3.65. The maximum Gasteiger partial charge on any atom is 0.132 e. The van der Waals surface area contributed by atoms with Gasteiger partial charge in [0.2, 0.25) is 0 Å². The molecule has 2 aromatic rings. The summed E-state index contributed by atoms with van der Waals surface area (Å²) in [5.41, 5.74) is 2.98. The summed E-state index contributed by atoms with van der Waals surface area (Å²) in [6.45, 7) is 6.64. The summed E-state index contributed by atoms with van der Waals surface area (Å²) in [4.78, 5) is 4.18. The van der Waals surface area contributed by atoms with Crippen molar-refractivity contribution in [2.45, 2.75) is 33.3 Å². The van der Waals surface area contributed by atoms with Crippen LogP contribution in [0.25, 0.3) is 0 Å². The van der Waals surface area contributed by atoms with Crippen molar-refractivity contribution in [1.82, 2.24) is 4.98 Å². The minimum atomic E-state index is 0.307. The van der Waals surface area contributed by atoms with E-state index in [9.17, 15) is 0 Å². The van der Waals surface area contributed by atoms with Crippen LogP contribution in [0.3, 0.4) is 0 Å². The molecule has 0 aliphatic carbocycles. The van der Waals surface area contributed by atoms with Crippen molar-refractivity contribution in [1.29, 1.82) is 0 Å². The van der Waals surface area contributed by atoms with Crippen LogP contribution in [0, 0.1) is 6.92 Å². The van der Waals surface area contributed by atoms with Crippen molar-refractivity contribution in [2.75, 3.05) is 0 Å². The Labute approximate surface area is 129 Å². The van der Waals surface area contributed by atoms with Gasteiger partial charge in [-0.1, -0.05) is 49.2 Å². The van der Waals surface area contributed by atoms with Crippen LogP contribution in [0.5, 0.6) is 5.75 Å². The molecular weight excluding hydrogens is 293 g/mol. The molecular formula is C16H17Cl2NO. The molecule has 1 aromatic carbocycles. The van der Waals surface area contributed by atoms with E-state index in [1.165, 1.54) is 5.56 Å². The summed E-state index contributed by atoms with van der Waals surface area (Å²) in [5, 5.41) is 0.979. The molecule has 1 aromatic heterocycles. The first kappa shape index (κ1) is 15.1. The number of pyridine rings is 1. The normalized spacial score (nSPS) is 10.9. The third-order valence-electron chi connectivity index (χ3n) is 3.13. The van der Waals surface area contributed by atoms with Crippen molar-refractivity contribution in [3.63, 3.8) is 0 Å². The highest BCUT2D eigenvalue weighted by Gasteiger charge is 2.08. The zero-order valence-electron chi connectivity index (χ0n) is 11.8. The number of halogens is 2. The molecule has 0 fully saturated rings. The van der Waals surface area contributed by atoms with Crippen LogP contribution in [0.15, 0.2) is 30.3 Å². The minimum Gasteiger partial charge on any atom is -0.487 e. The monoisotopic (exact) mass is 309 g/mol. The predicted octanol–water partition coefficient (Wildman–Crippen LogP) is 5.40. The summed E-state index contributed by atoms with van der Waals surface area (Å²) in [6, 6.07) is 9.65. The maximum absolute atomic E-state index is 6.08. The first-order valence-electron chi connectivity index (χ1n) is 6.51. The van der Waals surface area contributed by atoms with Gasteiger partial charge in [-0.3, -0.25) is 0 Å². The van der Waals surface area contributed by atoms with Gasteiger partial charge in [0, 0.05) is 0 Å². The van der Waals surface area contributed by atoms with Crippen LogP contribution in [-0.4, -0.2) is 4.98 Å². The molecule has 2 rings (SSSR count). The Hall–Kier alpha value is -1.25. The zero-order chi connectivity index (χ0) is 14.7. The van der Waals surface area contributed by atoms with E-state index in [0.29, 0.717) is 28.4 Å². The Kier molecular flexibility index (Phi) is 4.90. The topological polar surface area (TPSA) is 22.1 Å². The lowest BCUT2D eigenvalue weighted by Gasteiger charge is -2.13. The zero-order valence-corrected chi connectivity index (χ0v) is 13.3. The lowest BCUT2D eigenvalue weighted by Crippen LogP contribution is -2.01. The number of aryl methyl sites for hydroxylation is 1. The van der Waals surface area contributed by atoms with Gasteiger partial charge in [0.1, 0.15) is 17.5 Å². The van der Waals surface area contributed by atoms with Crippen LogP contribution >= 0.6 is 23.2 Å². The predicted molar refractivity (Wildman–Crippen MR) is 83.9 cm³/mol. The molecule has 1 heterocycles. The molecule has 0 aliphatic rings. The van der Waals surface area contributed by atoms with E-state index < -0.39 is 0 Å². The highest BCUT2D eigenvalue weighted by molar-refractivity contribution is 6.32. The number of benzene rings is 1. The number of hydrogen-bond acceptors (Lipinski definition) is 2. The number of hydrogen-bond donors (Lipinski definition) is 0. The molecule has 0 N–H and O–H groups in total. The lowest BCUT2D eigenvalue weighted by molar-refractivity contribution is 0.299. The fraction of sp³-hybridized carbons (Fsp3) is 0.312. The summed E-state index contributed by atoms with van der Waals surface area (Å²) in [6.07, 6.45) is 0. The Morgan fingerprint density at radius 2 is 1.90 bits per heavy atom. The minimum absolute atomic E-state index is 0.307. The summed E-state index contributed by atoms with van der Waals surface area (Å²) < 4.78 is 5.84. The van der Waals surface area contributed by atoms with Gasteiger partial charge in [0.15, 0.2) is 0 Å². The van der Waals surface area contributed by atoms with E-state index in [1.807, 2.05) is 6.92 Å². The van der Waals surface area contributed by atoms with Gasteiger partial charge in [0.05, 0.1) is 10.7 Å². The molecule has 4 heteroatoms. The van der Waals surface area contributed by atoms with E-state index in [0.717, 1.165) is 11.3 Å². The van der Waals surface area contributed by atoms with Gasteiger partial charge < -0.3 is 4.74 Å². The van der Waals surface area contributed by atoms with Crippen molar-refractivity contribution >= 4 is 23.2 Å². The van der Waals surface area contributed by atoms with Crippen LogP contribution in [0.4, 0.5) is 0 Å². The first-order valence-corrected chi connectivity index (χ1v) is 7.27. The molecule has 106 valence electrons. The molecule has 20 heavy (non-hydrogen) atoms. The van der Waals surface area contributed by atoms with E-state index in [1.54, 1.807) is 12.1 Å². The second kappa shape index (κ2) is 6.47. The fourth-order valence-corrected chi connectivity index (χ4v) is 2.16. The van der Waals surface area contributed by atoms with Crippen molar-refractivity contribution in [3.8, 4) is 5.75 Å². The second-order valence-electron chi connectivity index (χ2n) is 5.03. The molecule has 0 atom stereocenters. The highest BCUT2D eigenvalue weighted by atomic mass is 35.5. The van der Waals surface area contributed by atoms with Crippen LogP contribution in [-0.2, 0) is 6.61 Å². The van der Waals surface area contributed by atoms with Crippen molar-refractivity contribution in [3.05, 3.63) is 57.3 Å². The van der Waals surface area contributed by atoms with Crippen LogP contribution < -0.4 is 4.74 Å². The van der Waals surface area contributed by atoms with Gasteiger partial charge in [-0.2, -0.15) is 0 Å². The molecule has 0 aliphatic heterocycles. The highest BCUT2D eigenvalue weighted by Crippen LogP contribution is 2.26. The number of ether oxygens (including phenoxy) is 1. The molecule has 0 unspecified atom stereocenters. The standard InChI is InChI=1S/C16H17Cl2NO/c1-10(2)12-5-4-11(3)15(8-12)20-9-14-13(17)6-7-16(18)19-14/h4-8,10H,9H2,1-3H3. The van der Waals surface area contributed by atoms with E-state index >= 15 is 0 Å². The first-order chi connectivity index (χ1) is 9.47. The average Bonchev–Trinajstić information content (AvgIpc) is 2.41. The van der Waals surface area contributed by atoms with Crippen molar-refractivity contribution in [2.24, 2.45) is 0 Å². The largest absolute Gasteiger partial charge is 0.487 e.